The van der Waals surface area contributed by atoms with Gasteiger partial charge >= 0.3 is 17.8 Å². The fourth-order valence-corrected chi connectivity index (χ4v) is 3.53. The van der Waals surface area contributed by atoms with E-state index in [0.29, 0.717) is 12.1 Å². The predicted molar refractivity (Wildman–Crippen MR) is 119 cm³/mol. The number of nitro benzene ring substituents is 1. The number of rotatable bonds is 8. The van der Waals surface area contributed by atoms with Crippen LogP contribution in [0.15, 0.2) is 30.3 Å². The molecule has 0 aromatic heterocycles. The summed E-state index contributed by atoms with van der Waals surface area (Å²) >= 11 is 11.8. The summed E-state index contributed by atoms with van der Waals surface area (Å²) < 4.78 is 54.9. The minimum atomic E-state index is -4.67. The second-order valence-electron chi connectivity index (χ2n) is 8.18. The van der Waals surface area contributed by atoms with Crippen LogP contribution >= 0.6 is 23.2 Å². The van der Waals surface area contributed by atoms with E-state index in [1.54, 1.807) is 0 Å². The van der Waals surface area contributed by atoms with E-state index in [9.17, 15) is 28.1 Å². The van der Waals surface area contributed by atoms with Crippen LogP contribution in [0.1, 0.15) is 12.5 Å². The molecule has 2 aromatic rings. The van der Waals surface area contributed by atoms with Gasteiger partial charge in [0, 0.05) is 12.1 Å². The molecular formula is C20H20Cl2F3NO6Si. The zero-order chi connectivity index (χ0) is 25.1. The molecule has 0 fully saturated rings. The summed E-state index contributed by atoms with van der Waals surface area (Å²) in [6.07, 6.45) is -5.59. The maximum atomic E-state index is 12.9. The minimum absolute atomic E-state index is 0.0678. The number of hydrogen-bond acceptors (Lipinski definition) is 6. The smallest absolute Gasteiger partial charge is 0.416 e. The van der Waals surface area contributed by atoms with Gasteiger partial charge in [-0.25, -0.2) is 4.79 Å². The van der Waals surface area contributed by atoms with Crippen LogP contribution in [0.5, 0.6) is 17.2 Å². The van der Waals surface area contributed by atoms with Crippen LogP contribution in [0.4, 0.5) is 18.9 Å². The Kier molecular flexibility index (Phi) is 8.25. The second kappa shape index (κ2) is 10.2. The highest BCUT2D eigenvalue weighted by Gasteiger charge is 2.32. The molecule has 0 saturated carbocycles. The average Bonchev–Trinajstić information content (AvgIpc) is 2.67. The minimum Gasteiger partial charge on any atom is -0.472 e. The van der Waals surface area contributed by atoms with Crippen molar-refractivity contribution in [3.63, 3.8) is 0 Å². The van der Waals surface area contributed by atoms with Crippen LogP contribution in [-0.2, 0) is 15.7 Å². The summed E-state index contributed by atoms with van der Waals surface area (Å²) in [6.45, 7) is 7.35. The topological polar surface area (TPSA) is 87.9 Å². The number of carbonyl (C=O) groups excluding carboxylic acids is 1. The molecule has 33 heavy (non-hydrogen) atoms. The van der Waals surface area contributed by atoms with Gasteiger partial charge in [-0.3, -0.25) is 10.1 Å². The molecule has 180 valence electrons. The first-order valence-corrected chi connectivity index (χ1v) is 13.9. The molecule has 0 radical (unpaired) electrons. The molecule has 0 N–H and O–H groups in total. The monoisotopic (exact) mass is 525 g/mol. The largest absolute Gasteiger partial charge is 0.472 e. The third kappa shape index (κ3) is 7.51. The van der Waals surface area contributed by atoms with Gasteiger partial charge in [0.25, 0.3) is 0 Å². The summed E-state index contributed by atoms with van der Waals surface area (Å²) in [7, 11) is -1.69. The highest BCUT2D eigenvalue weighted by Crippen LogP contribution is 2.43. The Balaban J connectivity index is 2.31. The average molecular weight is 526 g/mol. The molecule has 0 aliphatic rings. The Labute approximate surface area is 198 Å². The van der Waals surface area contributed by atoms with Crippen LogP contribution in [-0.4, -0.2) is 31.3 Å². The predicted octanol–water partition coefficient (Wildman–Crippen LogP) is 6.90. The lowest BCUT2D eigenvalue weighted by atomic mass is 10.2. The van der Waals surface area contributed by atoms with Crippen LogP contribution in [0.25, 0.3) is 0 Å². The Morgan fingerprint density at radius 2 is 1.73 bits per heavy atom. The van der Waals surface area contributed by atoms with E-state index < -0.39 is 52.5 Å². The zero-order valence-electron chi connectivity index (χ0n) is 18.0. The van der Waals surface area contributed by atoms with Gasteiger partial charge < -0.3 is 14.2 Å². The molecule has 7 nitrogen and oxygen atoms in total. The van der Waals surface area contributed by atoms with Crippen molar-refractivity contribution in [2.75, 3.05) is 6.23 Å². The number of carbonyl (C=O) groups is 1. The Hall–Kier alpha value is -2.50. The summed E-state index contributed by atoms with van der Waals surface area (Å²) in [5.41, 5.74) is -1.53. The van der Waals surface area contributed by atoms with E-state index >= 15 is 0 Å². The summed E-state index contributed by atoms with van der Waals surface area (Å²) in [6, 6.07) is 4.62. The van der Waals surface area contributed by atoms with E-state index in [2.05, 4.69) is 0 Å². The van der Waals surface area contributed by atoms with Crippen LogP contribution in [0.3, 0.4) is 0 Å². The van der Waals surface area contributed by atoms with E-state index in [0.717, 1.165) is 12.1 Å². The lowest BCUT2D eigenvalue weighted by molar-refractivity contribution is -0.386. The normalized spacial score (nSPS) is 12.8. The van der Waals surface area contributed by atoms with E-state index in [1.807, 2.05) is 19.6 Å². The van der Waals surface area contributed by atoms with Gasteiger partial charge in [-0.05, 0) is 25.1 Å². The van der Waals surface area contributed by atoms with Gasteiger partial charge in [-0.1, -0.05) is 42.8 Å². The van der Waals surface area contributed by atoms with Crippen molar-refractivity contribution in [1.82, 2.24) is 0 Å². The van der Waals surface area contributed by atoms with Crippen molar-refractivity contribution in [3.8, 4) is 17.2 Å². The fraction of sp³-hybridized carbons (Fsp3) is 0.350. The van der Waals surface area contributed by atoms with Gasteiger partial charge in [0.05, 0.1) is 34.8 Å². The molecule has 2 rings (SSSR count). The molecule has 13 heteroatoms. The maximum Gasteiger partial charge on any atom is 0.416 e. The van der Waals surface area contributed by atoms with Crippen LogP contribution in [0.2, 0.25) is 29.7 Å². The number of ether oxygens (including phenoxy) is 3. The quantitative estimate of drug-likeness (QED) is 0.161. The number of hydrogen-bond donors (Lipinski definition) is 0. The Bertz CT molecular complexity index is 1040. The number of halogens is 5. The fourth-order valence-electron chi connectivity index (χ4n) is 2.39. The Morgan fingerprint density at radius 1 is 1.15 bits per heavy atom. The third-order valence-corrected chi connectivity index (χ3v) is 5.53. The van der Waals surface area contributed by atoms with Gasteiger partial charge in [-0.15, -0.1) is 0 Å². The molecule has 2 aromatic carbocycles. The van der Waals surface area contributed by atoms with Crippen molar-refractivity contribution in [3.05, 3.63) is 56.1 Å². The van der Waals surface area contributed by atoms with Crippen molar-refractivity contribution >= 4 is 42.9 Å². The summed E-state index contributed by atoms with van der Waals surface area (Å²) in [5, 5.41) is 10.5. The molecule has 1 unspecified atom stereocenters. The second-order valence-corrected chi connectivity index (χ2v) is 14.4. The van der Waals surface area contributed by atoms with Crippen LogP contribution in [0, 0.1) is 10.1 Å². The van der Waals surface area contributed by atoms with Gasteiger partial charge in [0.1, 0.15) is 5.75 Å². The highest BCUT2D eigenvalue weighted by molar-refractivity contribution is 6.76. The SMILES string of the molecule is CC(Oc1cc(Oc2c(Cl)cc(C(F)(F)F)cc2Cl)ccc1[N+](=O)[O-])C(=O)OC[Si](C)(C)C. The molecule has 0 saturated heterocycles. The first-order chi connectivity index (χ1) is 15.1. The van der Waals surface area contributed by atoms with Crippen LogP contribution < -0.4 is 9.47 Å². The van der Waals surface area contributed by atoms with Gasteiger partial charge in [0.15, 0.2) is 11.9 Å². The zero-order valence-corrected chi connectivity index (χ0v) is 20.5. The van der Waals surface area contributed by atoms with Crippen molar-refractivity contribution in [2.45, 2.75) is 38.8 Å². The van der Waals surface area contributed by atoms with E-state index in [4.69, 9.17) is 37.4 Å². The number of esters is 1. The number of benzene rings is 2. The molecule has 0 heterocycles. The van der Waals surface area contributed by atoms with Crippen molar-refractivity contribution in [2.24, 2.45) is 0 Å². The van der Waals surface area contributed by atoms with Crippen molar-refractivity contribution in [1.29, 1.82) is 0 Å². The van der Waals surface area contributed by atoms with Crippen molar-refractivity contribution < 1.29 is 37.1 Å². The lowest BCUT2D eigenvalue weighted by Gasteiger charge is -2.19. The standard InChI is InChI=1S/C20H20Cl2F3NO6Si/c1-11(19(27)30-10-33(2,3)4)31-17-9-13(5-6-16(17)26(28)29)32-18-14(21)7-12(8-15(18)22)20(23,24)25/h5-9,11H,10H2,1-4H3. The molecule has 0 aliphatic heterocycles. The summed E-state index contributed by atoms with van der Waals surface area (Å²) in [5.74, 6) is -1.36. The number of nitro groups is 1. The van der Waals surface area contributed by atoms with Gasteiger partial charge in [-0.2, -0.15) is 13.2 Å². The molecule has 0 aliphatic carbocycles. The van der Waals surface area contributed by atoms with Gasteiger partial charge in [0.2, 0.25) is 5.75 Å². The first kappa shape index (κ1) is 26.7. The third-order valence-electron chi connectivity index (χ3n) is 3.96. The summed E-state index contributed by atoms with van der Waals surface area (Å²) in [4.78, 5) is 22.8. The number of alkyl halides is 3. The lowest BCUT2D eigenvalue weighted by Crippen LogP contribution is -2.34. The molecular weight excluding hydrogens is 506 g/mol. The van der Waals surface area contributed by atoms with E-state index in [-0.39, 0.29) is 23.5 Å². The molecule has 0 amide bonds. The Morgan fingerprint density at radius 3 is 2.21 bits per heavy atom. The first-order valence-electron chi connectivity index (χ1n) is 9.44. The molecule has 1 atom stereocenters. The van der Waals surface area contributed by atoms with E-state index in [1.165, 1.54) is 13.0 Å². The maximum absolute atomic E-state index is 12.9. The number of nitrogens with zero attached hydrogens (tertiary/aromatic N) is 1. The highest BCUT2D eigenvalue weighted by atomic mass is 35.5. The molecule has 0 bridgehead atoms. The molecule has 0 spiro atoms.